The van der Waals surface area contributed by atoms with Crippen molar-refractivity contribution in [2.45, 2.75) is 31.2 Å². The molecule has 2 rings (SSSR count). The average molecular weight is 288 g/mol. The van der Waals surface area contributed by atoms with Gasteiger partial charge in [0.25, 0.3) is 10.0 Å². The molecule has 5 nitrogen and oxygen atoms in total. The number of aromatic nitrogens is 2. The third-order valence-corrected chi connectivity index (χ3v) is 3.99. The second-order valence-corrected chi connectivity index (χ2v) is 5.96. The zero-order chi connectivity index (χ0) is 13.3. The molecule has 0 aliphatic rings. The number of sulfonamides is 1. The topological polar surface area (TPSA) is 77.5 Å². The largest absolute Gasteiger partial charge is 0.288 e. The highest BCUT2D eigenvalue weighted by Crippen LogP contribution is 2.22. The molecule has 2 aromatic heterocycles. The molecule has 2 aromatic rings. The van der Waals surface area contributed by atoms with Gasteiger partial charge in [0.1, 0.15) is 5.65 Å². The van der Waals surface area contributed by atoms with Crippen molar-refractivity contribution in [2.24, 2.45) is 5.14 Å². The van der Waals surface area contributed by atoms with Crippen LogP contribution in [-0.2, 0) is 16.4 Å². The molecule has 0 fully saturated rings. The van der Waals surface area contributed by atoms with Crippen LogP contribution in [0.25, 0.3) is 5.65 Å². The van der Waals surface area contributed by atoms with Crippen LogP contribution in [0.15, 0.2) is 23.4 Å². The molecule has 0 aliphatic heterocycles. The first-order valence-corrected chi connectivity index (χ1v) is 7.55. The van der Waals surface area contributed by atoms with E-state index in [1.165, 1.54) is 4.40 Å². The number of unbranched alkanes of at least 4 members (excludes halogenated alkanes) is 1. The molecule has 0 amide bonds. The van der Waals surface area contributed by atoms with Gasteiger partial charge in [-0.1, -0.05) is 31.0 Å². The van der Waals surface area contributed by atoms with Crippen molar-refractivity contribution >= 4 is 27.3 Å². The summed E-state index contributed by atoms with van der Waals surface area (Å²) in [6.07, 6.45) is 4.72. The monoisotopic (exact) mass is 287 g/mol. The van der Waals surface area contributed by atoms with Crippen molar-refractivity contribution in [3.05, 3.63) is 29.0 Å². The third kappa shape index (κ3) is 2.50. The van der Waals surface area contributed by atoms with Crippen LogP contribution in [0.3, 0.4) is 0 Å². The lowest BCUT2D eigenvalue weighted by molar-refractivity contribution is 0.593. The lowest BCUT2D eigenvalue weighted by Crippen LogP contribution is -2.15. The second kappa shape index (κ2) is 4.87. The van der Waals surface area contributed by atoms with Crippen molar-refractivity contribution in [3.63, 3.8) is 0 Å². The first-order valence-electron chi connectivity index (χ1n) is 5.62. The van der Waals surface area contributed by atoms with E-state index in [9.17, 15) is 8.42 Å². The molecule has 0 aliphatic carbocycles. The van der Waals surface area contributed by atoms with E-state index >= 15 is 0 Å². The molecule has 2 N–H and O–H groups in total. The fourth-order valence-corrected chi connectivity index (χ4v) is 3.02. The number of nitrogens with zero attached hydrogens (tertiary/aromatic N) is 2. The SMILES string of the molecule is CCCCc1ccc2nc(Cl)c(S(N)(=O)=O)n2c1. The molecular weight excluding hydrogens is 274 g/mol. The van der Waals surface area contributed by atoms with Gasteiger partial charge in [-0.05, 0) is 24.5 Å². The van der Waals surface area contributed by atoms with E-state index in [2.05, 4.69) is 11.9 Å². The Bertz CT molecular complexity index is 679. The number of hydrogen-bond acceptors (Lipinski definition) is 3. The Morgan fingerprint density at radius 2 is 2.17 bits per heavy atom. The first kappa shape index (κ1) is 13.3. The summed E-state index contributed by atoms with van der Waals surface area (Å²) in [5.74, 6) is 0. The Hall–Kier alpha value is -1.11. The molecule has 0 spiro atoms. The fourth-order valence-electron chi connectivity index (χ4n) is 1.82. The summed E-state index contributed by atoms with van der Waals surface area (Å²) in [7, 11) is -3.89. The molecule has 0 saturated heterocycles. The predicted molar refractivity (Wildman–Crippen MR) is 70.2 cm³/mol. The standard InChI is InChI=1S/C11H14ClN3O2S/c1-2-3-4-8-5-6-9-14-10(12)11(15(9)7-8)18(13,16)17/h5-7H,2-4H2,1H3,(H2,13,16,17). The van der Waals surface area contributed by atoms with Crippen LogP contribution < -0.4 is 5.14 Å². The van der Waals surface area contributed by atoms with Crippen LogP contribution >= 0.6 is 11.6 Å². The number of aryl methyl sites for hydroxylation is 1. The highest BCUT2D eigenvalue weighted by atomic mass is 35.5. The second-order valence-electron chi connectivity index (χ2n) is 4.12. The molecule has 0 saturated carbocycles. The van der Waals surface area contributed by atoms with Crippen LogP contribution in [-0.4, -0.2) is 17.8 Å². The Labute approximate surface area is 111 Å². The van der Waals surface area contributed by atoms with E-state index in [1.807, 2.05) is 6.07 Å². The Balaban J connectivity index is 2.60. The smallest absolute Gasteiger partial charge is 0.257 e. The Kier molecular flexibility index (Phi) is 3.61. The van der Waals surface area contributed by atoms with E-state index in [0.717, 1.165) is 24.8 Å². The van der Waals surface area contributed by atoms with Gasteiger partial charge in [0.15, 0.2) is 10.2 Å². The van der Waals surface area contributed by atoms with E-state index in [4.69, 9.17) is 16.7 Å². The van der Waals surface area contributed by atoms with Gasteiger partial charge in [-0.2, -0.15) is 0 Å². The lowest BCUT2D eigenvalue weighted by atomic mass is 10.1. The molecule has 2 heterocycles. The van der Waals surface area contributed by atoms with Crippen LogP contribution in [0.5, 0.6) is 0 Å². The van der Waals surface area contributed by atoms with Crippen molar-refractivity contribution < 1.29 is 8.42 Å². The molecular formula is C11H14ClN3O2S. The maximum atomic E-state index is 11.5. The number of fused-ring (bicyclic) bond motifs is 1. The summed E-state index contributed by atoms with van der Waals surface area (Å²) in [6, 6.07) is 3.66. The van der Waals surface area contributed by atoms with Crippen molar-refractivity contribution in [3.8, 4) is 0 Å². The molecule has 0 bridgehead atoms. The van der Waals surface area contributed by atoms with Crippen LogP contribution in [0.4, 0.5) is 0 Å². The lowest BCUT2D eigenvalue weighted by Gasteiger charge is -2.03. The van der Waals surface area contributed by atoms with Gasteiger partial charge in [-0.25, -0.2) is 18.5 Å². The molecule has 98 valence electrons. The number of halogens is 1. The molecule has 0 atom stereocenters. The van der Waals surface area contributed by atoms with Gasteiger partial charge < -0.3 is 0 Å². The Morgan fingerprint density at radius 3 is 2.78 bits per heavy atom. The van der Waals surface area contributed by atoms with Crippen LogP contribution in [0, 0.1) is 0 Å². The molecule has 0 aromatic carbocycles. The van der Waals surface area contributed by atoms with Gasteiger partial charge in [-0.15, -0.1) is 0 Å². The number of rotatable bonds is 4. The highest BCUT2D eigenvalue weighted by molar-refractivity contribution is 7.89. The summed E-state index contributed by atoms with van der Waals surface area (Å²) in [5.41, 5.74) is 1.51. The molecule has 0 unspecified atom stereocenters. The molecule has 0 radical (unpaired) electrons. The van der Waals surface area contributed by atoms with Gasteiger partial charge in [0, 0.05) is 6.20 Å². The minimum absolute atomic E-state index is 0.0925. The van der Waals surface area contributed by atoms with E-state index < -0.39 is 10.0 Å². The van der Waals surface area contributed by atoms with Crippen LogP contribution in [0.1, 0.15) is 25.3 Å². The van der Waals surface area contributed by atoms with Crippen molar-refractivity contribution in [2.75, 3.05) is 0 Å². The Morgan fingerprint density at radius 1 is 1.44 bits per heavy atom. The van der Waals surface area contributed by atoms with Crippen molar-refractivity contribution in [1.82, 2.24) is 9.38 Å². The summed E-state index contributed by atoms with van der Waals surface area (Å²) in [4.78, 5) is 3.97. The number of pyridine rings is 1. The minimum atomic E-state index is -3.89. The predicted octanol–water partition coefficient (Wildman–Crippen LogP) is 1.98. The quantitative estimate of drug-likeness (QED) is 0.934. The van der Waals surface area contributed by atoms with Gasteiger partial charge in [0.05, 0.1) is 0 Å². The zero-order valence-electron chi connectivity index (χ0n) is 9.93. The maximum absolute atomic E-state index is 11.5. The van der Waals surface area contributed by atoms with Gasteiger partial charge >= 0.3 is 0 Å². The average Bonchev–Trinajstić information content (AvgIpc) is 2.60. The third-order valence-electron chi connectivity index (χ3n) is 2.68. The summed E-state index contributed by atoms with van der Waals surface area (Å²) in [5, 5.41) is 4.90. The number of imidazole rings is 1. The van der Waals surface area contributed by atoms with Crippen LogP contribution in [0.2, 0.25) is 5.15 Å². The minimum Gasteiger partial charge on any atom is -0.288 e. The molecule has 18 heavy (non-hydrogen) atoms. The summed E-state index contributed by atoms with van der Waals surface area (Å²) in [6.45, 7) is 2.10. The fraction of sp³-hybridized carbons (Fsp3) is 0.364. The number of nitrogens with two attached hydrogens (primary N) is 1. The van der Waals surface area contributed by atoms with Crippen molar-refractivity contribution in [1.29, 1.82) is 0 Å². The first-order chi connectivity index (χ1) is 8.43. The van der Waals surface area contributed by atoms with E-state index in [-0.39, 0.29) is 10.2 Å². The molecule has 7 heteroatoms. The number of primary sulfonamides is 1. The highest BCUT2D eigenvalue weighted by Gasteiger charge is 2.20. The van der Waals surface area contributed by atoms with E-state index in [0.29, 0.717) is 5.65 Å². The number of hydrogen-bond donors (Lipinski definition) is 1. The normalized spacial score (nSPS) is 12.2. The van der Waals surface area contributed by atoms with Gasteiger partial charge in [0.2, 0.25) is 0 Å². The van der Waals surface area contributed by atoms with E-state index in [1.54, 1.807) is 12.3 Å². The zero-order valence-corrected chi connectivity index (χ0v) is 11.5. The summed E-state index contributed by atoms with van der Waals surface area (Å²) < 4.78 is 24.4. The summed E-state index contributed by atoms with van der Waals surface area (Å²) >= 11 is 5.82. The maximum Gasteiger partial charge on any atom is 0.257 e. The van der Waals surface area contributed by atoms with Gasteiger partial charge in [-0.3, -0.25) is 4.40 Å².